The van der Waals surface area contributed by atoms with E-state index in [0.717, 1.165) is 49.0 Å². The minimum Gasteiger partial charge on any atom is -0.454 e. The molecule has 0 bridgehead atoms. The van der Waals surface area contributed by atoms with E-state index in [1.165, 1.54) is 5.57 Å². The van der Waals surface area contributed by atoms with Gasteiger partial charge >= 0.3 is 0 Å². The van der Waals surface area contributed by atoms with E-state index in [1.807, 2.05) is 10.8 Å². The van der Waals surface area contributed by atoms with Crippen molar-refractivity contribution in [3.05, 3.63) is 75.3 Å². The summed E-state index contributed by atoms with van der Waals surface area (Å²) in [6.45, 7) is 11.8. The van der Waals surface area contributed by atoms with E-state index in [0.29, 0.717) is 47.4 Å². The minimum atomic E-state index is -5.02. The molecule has 50 heavy (non-hydrogen) atoms. The van der Waals surface area contributed by atoms with E-state index in [9.17, 15) is 25.9 Å². The molecule has 0 amide bonds. The Kier molecular flexibility index (Phi) is 8.22. The summed E-state index contributed by atoms with van der Waals surface area (Å²) in [4.78, 5) is 11.3. The third-order valence-electron chi connectivity index (χ3n) is 9.99. The minimum absolute atomic E-state index is 0.104. The lowest BCUT2D eigenvalue weighted by Gasteiger charge is -2.47. The van der Waals surface area contributed by atoms with Crippen LogP contribution < -0.4 is 25.9 Å². The smallest absolute Gasteiger partial charge is 0.300 e. The molecule has 266 valence electrons. The summed E-state index contributed by atoms with van der Waals surface area (Å²) >= 11 is 0. The van der Waals surface area contributed by atoms with Crippen LogP contribution in [0.4, 0.5) is 5.69 Å². The lowest BCUT2D eigenvalue weighted by molar-refractivity contribution is 0.430. The predicted molar refractivity (Wildman–Crippen MR) is 192 cm³/mol. The van der Waals surface area contributed by atoms with Crippen molar-refractivity contribution in [2.24, 2.45) is 10.7 Å². The fourth-order valence-corrected chi connectivity index (χ4v) is 9.48. The Bertz CT molecular complexity index is 2370. The highest BCUT2D eigenvalue weighted by molar-refractivity contribution is 7.86. The molecule has 1 aromatic heterocycles. The van der Waals surface area contributed by atoms with Crippen molar-refractivity contribution in [1.29, 1.82) is 0 Å². The molecule has 0 spiro atoms. The average Bonchev–Trinajstić information content (AvgIpc) is 3.47. The van der Waals surface area contributed by atoms with E-state index < -0.39 is 36.4 Å². The molecule has 12 nitrogen and oxygen atoms in total. The maximum Gasteiger partial charge on any atom is 0.300 e. The molecule has 0 radical (unpaired) electrons. The van der Waals surface area contributed by atoms with Crippen LogP contribution in [0.25, 0.3) is 16.7 Å². The predicted octanol–water partition coefficient (Wildman–Crippen LogP) is 4.24. The third kappa shape index (κ3) is 5.80. The number of nitrogens with zero attached hydrogens (tertiary/aromatic N) is 4. The van der Waals surface area contributed by atoms with Gasteiger partial charge in [0.1, 0.15) is 17.3 Å². The number of allylic oxidation sites excluding steroid dienone is 1. The van der Waals surface area contributed by atoms with Gasteiger partial charge in [0.05, 0.1) is 22.1 Å². The number of nitrogens with two attached hydrogens (primary N) is 1. The maximum atomic E-state index is 13.5. The monoisotopic (exact) mass is 721 g/mol. The first-order valence-electron chi connectivity index (χ1n) is 17.0. The lowest BCUT2D eigenvalue weighted by atomic mass is 9.79. The van der Waals surface area contributed by atoms with Crippen LogP contribution in [-0.2, 0) is 33.2 Å². The van der Waals surface area contributed by atoms with Crippen molar-refractivity contribution < 1.29 is 30.7 Å². The summed E-state index contributed by atoms with van der Waals surface area (Å²) in [6, 6.07) is 3.76. The van der Waals surface area contributed by atoms with Crippen molar-refractivity contribution in [2.45, 2.75) is 89.2 Å². The van der Waals surface area contributed by atoms with Gasteiger partial charge < -0.3 is 19.9 Å². The Labute approximate surface area is 292 Å². The molecule has 5 heterocycles. The highest BCUT2D eigenvalue weighted by atomic mass is 32.2. The molecular weight excluding hydrogens is 679 g/mol. The van der Waals surface area contributed by atoms with Gasteiger partial charge in [0.15, 0.2) is 10.6 Å². The number of benzene rings is 2. The molecular formula is C36H43N5O7S2. The molecule has 4 aliphatic rings. The molecule has 0 aliphatic carbocycles. The van der Waals surface area contributed by atoms with Crippen LogP contribution in [0.15, 0.2) is 46.6 Å². The van der Waals surface area contributed by atoms with Gasteiger partial charge in [-0.25, -0.2) is 4.98 Å². The van der Waals surface area contributed by atoms with Crippen molar-refractivity contribution in [3.8, 4) is 11.5 Å². The number of rotatable bonds is 9. The summed E-state index contributed by atoms with van der Waals surface area (Å²) < 4.78 is 81.3. The number of hydrogen-bond donors (Lipinski definition) is 3. The zero-order valence-corrected chi connectivity index (χ0v) is 30.6. The summed E-state index contributed by atoms with van der Waals surface area (Å²) in [5, 5.41) is 0.182. The molecule has 0 fully saturated rings. The van der Waals surface area contributed by atoms with Crippen LogP contribution in [0, 0.1) is 0 Å². The van der Waals surface area contributed by atoms with Gasteiger partial charge in [0, 0.05) is 58.5 Å². The second-order valence-electron chi connectivity index (χ2n) is 14.6. The third-order valence-corrected chi connectivity index (χ3v) is 11.6. The van der Waals surface area contributed by atoms with Gasteiger partial charge in [-0.2, -0.15) is 16.8 Å². The maximum absolute atomic E-state index is 13.5. The zero-order valence-electron chi connectivity index (χ0n) is 28.9. The van der Waals surface area contributed by atoms with Crippen molar-refractivity contribution in [1.82, 2.24) is 9.55 Å². The first-order valence-corrected chi connectivity index (χ1v) is 20.0. The normalized spacial score (nSPS) is 18.6. The van der Waals surface area contributed by atoms with E-state index in [4.69, 9.17) is 20.4 Å². The van der Waals surface area contributed by atoms with Gasteiger partial charge in [0.2, 0.25) is 0 Å². The Balaban J connectivity index is 1.67. The second-order valence-corrected chi connectivity index (χ2v) is 17.4. The quantitative estimate of drug-likeness (QED) is 0.167. The van der Waals surface area contributed by atoms with Crippen LogP contribution in [0.3, 0.4) is 0 Å². The Morgan fingerprint density at radius 2 is 1.74 bits per heavy atom. The zero-order chi connectivity index (χ0) is 36.0. The van der Waals surface area contributed by atoms with Crippen molar-refractivity contribution >= 4 is 42.6 Å². The first kappa shape index (κ1) is 34.6. The Morgan fingerprint density at radius 3 is 2.42 bits per heavy atom. The van der Waals surface area contributed by atoms with Gasteiger partial charge in [0.25, 0.3) is 20.2 Å². The van der Waals surface area contributed by atoms with Crippen LogP contribution in [0.2, 0.25) is 0 Å². The number of ether oxygens (including phenoxy) is 1. The van der Waals surface area contributed by atoms with E-state index >= 15 is 0 Å². The Hall–Kier alpha value is -3.82. The van der Waals surface area contributed by atoms with Crippen LogP contribution >= 0.6 is 0 Å². The number of aromatic nitrogens is 2. The number of anilines is 1. The fraction of sp³-hybridized carbons (Fsp3) is 0.444. The van der Waals surface area contributed by atoms with Crippen molar-refractivity contribution in [2.75, 3.05) is 23.7 Å². The molecule has 2 aromatic carbocycles. The van der Waals surface area contributed by atoms with E-state index in [1.54, 1.807) is 32.2 Å². The Morgan fingerprint density at radius 1 is 0.980 bits per heavy atom. The fourth-order valence-electron chi connectivity index (χ4n) is 8.06. The number of aryl methyl sites for hydroxylation is 1. The van der Waals surface area contributed by atoms with E-state index in [2.05, 4.69) is 37.8 Å². The highest BCUT2D eigenvalue weighted by Crippen LogP contribution is 2.52. The summed E-state index contributed by atoms with van der Waals surface area (Å²) in [7, 11) is -9.57. The molecule has 14 heteroatoms. The largest absolute Gasteiger partial charge is 0.454 e. The van der Waals surface area contributed by atoms with Gasteiger partial charge in [-0.15, -0.1) is 0 Å². The number of hydrogen-bond acceptors (Lipinski definition) is 9. The van der Waals surface area contributed by atoms with Crippen molar-refractivity contribution in [3.63, 3.8) is 0 Å². The van der Waals surface area contributed by atoms with Crippen LogP contribution in [-0.4, -0.2) is 65.4 Å². The summed E-state index contributed by atoms with van der Waals surface area (Å²) in [6.07, 6.45) is 11.4. The SMILES string of the molecule is CCC1=CC(C)(C)N2CCCc3c4c(cc1c32)C(c1nccn1CCCCN)=c1cc2c(c(S(=O)(=O)O)c1O4)=NC(C)(C)C=C2CS(=O)(=O)O. The molecule has 0 saturated heterocycles. The van der Waals surface area contributed by atoms with Gasteiger partial charge in [-0.1, -0.05) is 19.1 Å². The molecule has 0 atom stereocenters. The second kappa shape index (κ2) is 11.9. The summed E-state index contributed by atoms with van der Waals surface area (Å²) in [5.74, 6) is 0.166. The highest BCUT2D eigenvalue weighted by Gasteiger charge is 2.41. The van der Waals surface area contributed by atoms with Gasteiger partial charge in [-0.3, -0.25) is 14.1 Å². The molecule has 7 rings (SSSR count). The number of fused-ring (bicyclic) bond motifs is 4. The lowest BCUT2D eigenvalue weighted by Crippen LogP contribution is -2.48. The summed E-state index contributed by atoms with van der Waals surface area (Å²) in [5.41, 5.74) is 10.4. The van der Waals surface area contributed by atoms with Crippen LogP contribution in [0.5, 0.6) is 11.5 Å². The van der Waals surface area contributed by atoms with Gasteiger partial charge in [-0.05, 0) is 89.6 Å². The topological polar surface area (TPSA) is 177 Å². The molecule has 4 N–H and O–H groups in total. The first-order chi connectivity index (χ1) is 23.4. The molecule has 3 aromatic rings. The van der Waals surface area contributed by atoms with Crippen LogP contribution in [0.1, 0.15) is 88.4 Å². The number of imidazole rings is 1. The standard InChI is InChI=1S/C36H43N5O7S2/c1-6-21-19-36(4,5)41-14-9-10-23-30(41)25(21)17-26-28(34-38-12-15-40(34)13-8-7-11-37)27-16-24-22(20-49(42,43)44)18-35(2,3)39-29(24)33(50(45,46)47)32(27)48-31(23)26/h12,15-19H,6-11,13-14,20,37H2,1-5H3,(H,42,43,44)(H,45,46,47). The molecule has 0 saturated carbocycles. The molecule has 0 unspecified atom stereocenters. The number of unbranched alkanes of at least 4 members (excludes halogenated alkanes) is 1. The average molecular weight is 722 g/mol. The van der Waals surface area contributed by atoms with E-state index in [-0.39, 0.29) is 27.8 Å². The molecule has 4 aliphatic heterocycles.